The predicted molar refractivity (Wildman–Crippen MR) is 78.0 cm³/mol. The summed E-state index contributed by atoms with van der Waals surface area (Å²) in [5, 5.41) is 2.84. The van der Waals surface area contributed by atoms with Gasteiger partial charge in [-0.1, -0.05) is 32.0 Å². The molecule has 0 fully saturated rings. The van der Waals surface area contributed by atoms with Gasteiger partial charge in [-0.25, -0.2) is 4.98 Å². The van der Waals surface area contributed by atoms with Gasteiger partial charge in [0.2, 0.25) is 0 Å². The molecule has 0 bridgehead atoms. The quantitative estimate of drug-likeness (QED) is 0.894. The van der Waals surface area contributed by atoms with Gasteiger partial charge in [-0.3, -0.25) is 9.59 Å². The number of para-hydroxylation sites is 1. The molecule has 2 aromatic rings. The molecule has 1 aromatic heterocycles. The number of nitrogens with one attached hydrogen (secondary N) is 2. The first-order chi connectivity index (χ1) is 9.67. The van der Waals surface area contributed by atoms with E-state index in [2.05, 4.69) is 15.3 Å². The summed E-state index contributed by atoms with van der Waals surface area (Å²) in [6.07, 6.45) is 4.16. The van der Waals surface area contributed by atoms with Crippen LogP contribution < -0.4 is 10.9 Å². The Balaban J connectivity index is 2.37. The summed E-state index contributed by atoms with van der Waals surface area (Å²) < 4.78 is 0. The second kappa shape index (κ2) is 6.14. The first-order valence-electron chi connectivity index (χ1n) is 6.62. The highest BCUT2D eigenvalue weighted by Crippen LogP contribution is 2.22. The molecule has 2 N–H and O–H groups in total. The fourth-order valence-electron chi connectivity index (χ4n) is 2.09. The molecule has 0 spiro atoms. The lowest BCUT2D eigenvalue weighted by Crippen LogP contribution is -2.24. The van der Waals surface area contributed by atoms with Crippen LogP contribution >= 0.6 is 0 Å². The van der Waals surface area contributed by atoms with Crippen LogP contribution in [0.5, 0.6) is 0 Å². The molecule has 5 heteroatoms. The van der Waals surface area contributed by atoms with Gasteiger partial charge >= 0.3 is 0 Å². The number of nitrogens with zero attached hydrogens (tertiary/aromatic N) is 1. The highest BCUT2D eigenvalue weighted by atomic mass is 16.2. The fourth-order valence-corrected chi connectivity index (χ4v) is 2.09. The van der Waals surface area contributed by atoms with Crippen molar-refractivity contribution >= 4 is 11.6 Å². The van der Waals surface area contributed by atoms with Crippen LogP contribution in [0, 0.1) is 0 Å². The van der Waals surface area contributed by atoms with Gasteiger partial charge in [-0.15, -0.1) is 0 Å². The largest absolute Gasteiger partial charge is 0.321 e. The van der Waals surface area contributed by atoms with Crippen molar-refractivity contribution in [2.24, 2.45) is 0 Å². The molecule has 0 aliphatic rings. The van der Waals surface area contributed by atoms with Crippen molar-refractivity contribution in [1.82, 2.24) is 9.97 Å². The van der Waals surface area contributed by atoms with E-state index in [0.29, 0.717) is 0 Å². The highest BCUT2D eigenvalue weighted by molar-refractivity contribution is 6.04. The van der Waals surface area contributed by atoms with E-state index in [9.17, 15) is 9.59 Å². The highest BCUT2D eigenvalue weighted by Gasteiger charge is 2.14. The molecular weight excluding hydrogens is 254 g/mol. The van der Waals surface area contributed by atoms with Gasteiger partial charge in [-0.2, -0.15) is 0 Å². The monoisotopic (exact) mass is 271 g/mol. The lowest BCUT2D eigenvalue weighted by atomic mass is 10.0. The molecule has 0 atom stereocenters. The number of hydrogen-bond acceptors (Lipinski definition) is 3. The van der Waals surface area contributed by atoms with E-state index in [1.54, 1.807) is 0 Å². The van der Waals surface area contributed by atoms with Crippen molar-refractivity contribution in [2.45, 2.75) is 26.7 Å². The maximum absolute atomic E-state index is 12.2. The normalized spacial score (nSPS) is 10.3. The molecule has 0 aliphatic carbocycles. The minimum Gasteiger partial charge on any atom is -0.321 e. The number of aromatic amines is 1. The van der Waals surface area contributed by atoms with Crippen molar-refractivity contribution < 1.29 is 4.79 Å². The van der Waals surface area contributed by atoms with E-state index in [4.69, 9.17) is 0 Å². The molecule has 104 valence electrons. The molecule has 0 saturated heterocycles. The Kier molecular flexibility index (Phi) is 4.30. The average Bonchev–Trinajstić information content (AvgIpc) is 2.47. The van der Waals surface area contributed by atoms with Crippen LogP contribution in [0.25, 0.3) is 0 Å². The fraction of sp³-hybridized carbons (Fsp3) is 0.267. The molecule has 2 rings (SSSR count). The number of carbonyl (C=O) groups is 1. The van der Waals surface area contributed by atoms with Gasteiger partial charge in [0, 0.05) is 11.9 Å². The zero-order valence-corrected chi connectivity index (χ0v) is 11.6. The standard InChI is InChI=1S/C15H17N3O2/c1-3-10-6-5-7-11(4-2)13(10)18-15(20)12-8-16-9-17-14(12)19/h5-9H,3-4H2,1-2H3,(H,18,20)(H,16,17,19). The van der Waals surface area contributed by atoms with Crippen LogP contribution in [0.15, 0.2) is 35.5 Å². The van der Waals surface area contributed by atoms with Crippen molar-refractivity contribution in [1.29, 1.82) is 0 Å². The van der Waals surface area contributed by atoms with Gasteiger partial charge in [0.05, 0.1) is 6.33 Å². The van der Waals surface area contributed by atoms with Crippen molar-refractivity contribution in [3.05, 3.63) is 57.8 Å². The van der Waals surface area contributed by atoms with E-state index < -0.39 is 11.5 Å². The van der Waals surface area contributed by atoms with Crippen LogP contribution in [0.3, 0.4) is 0 Å². The molecule has 0 unspecified atom stereocenters. The zero-order valence-electron chi connectivity index (χ0n) is 11.6. The first kappa shape index (κ1) is 14.0. The van der Waals surface area contributed by atoms with E-state index in [-0.39, 0.29) is 5.56 Å². The number of amides is 1. The summed E-state index contributed by atoms with van der Waals surface area (Å²) in [7, 11) is 0. The van der Waals surface area contributed by atoms with Gasteiger partial charge in [-0.05, 0) is 24.0 Å². The Hall–Kier alpha value is -2.43. The molecule has 20 heavy (non-hydrogen) atoms. The molecule has 5 nitrogen and oxygen atoms in total. The number of anilines is 1. The topological polar surface area (TPSA) is 74.8 Å². The smallest absolute Gasteiger partial charge is 0.263 e. The van der Waals surface area contributed by atoms with Gasteiger partial charge in [0.1, 0.15) is 5.56 Å². The van der Waals surface area contributed by atoms with Crippen molar-refractivity contribution in [2.75, 3.05) is 5.32 Å². The second-order valence-corrected chi connectivity index (χ2v) is 4.41. The third-order valence-electron chi connectivity index (χ3n) is 3.20. The van der Waals surface area contributed by atoms with Crippen LogP contribution in [0.2, 0.25) is 0 Å². The van der Waals surface area contributed by atoms with Crippen LogP contribution in [-0.4, -0.2) is 15.9 Å². The Morgan fingerprint density at radius 3 is 2.45 bits per heavy atom. The lowest BCUT2D eigenvalue weighted by molar-refractivity contribution is 0.102. The van der Waals surface area contributed by atoms with Crippen LogP contribution in [-0.2, 0) is 12.8 Å². The van der Waals surface area contributed by atoms with E-state index >= 15 is 0 Å². The summed E-state index contributed by atoms with van der Waals surface area (Å²) in [6, 6.07) is 5.93. The Labute approximate surface area is 117 Å². The SMILES string of the molecule is CCc1cccc(CC)c1NC(=O)c1cnc[nH]c1=O. The number of H-pyrrole nitrogens is 1. The number of benzene rings is 1. The van der Waals surface area contributed by atoms with Crippen LogP contribution in [0.4, 0.5) is 5.69 Å². The molecule has 1 aromatic carbocycles. The minimum atomic E-state index is -0.440. The number of hydrogen-bond donors (Lipinski definition) is 2. The van der Waals surface area contributed by atoms with E-state index in [1.165, 1.54) is 12.5 Å². The molecule has 0 aliphatic heterocycles. The first-order valence-corrected chi connectivity index (χ1v) is 6.62. The molecule has 1 amide bonds. The summed E-state index contributed by atoms with van der Waals surface area (Å²) >= 11 is 0. The maximum Gasteiger partial charge on any atom is 0.263 e. The third kappa shape index (κ3) is 2.77. The Bertz CT molecular complexity index is 655. The van der Waals surface area contributed by atoms with E-state index in [0.717, 1.165) is 29.7 Å². The van der Waals surface area contributed by atoms with Crippen molar-refractivity contribution in [3.8, 4) is 0 Å². The molecule has 0 radical (unpaired) electrons. The van der Waals surface area contributed by atoms with Crippen LogP contribution in [0.1, 0.15) is 35.3 Å². The van der Waals surface area contributed by atoms with Crippen molar-refractivity contribution in [3.63, 3.8) is 0 Å². The number of aromatic nitrogens is 2. The molecule has 0 saturated carbocycles. The molecular formula is C15H17N3O2. The predicted octanol–water partition coefficient (Wildman–Crippen LogP) is 2.15. The zero-order chi connectivity index (χ0) is 14.5. The third-order valence-corrected chi connectivity index (χ3v) is 3.20. The second-order valence-electron chi connectivity index (χ2n) is 4.41. The van der Waals surface area contributed by atoms with Gasteiger partial charge in [0.25, 0.3) is 11.5 Å². The summed E-state index contributed by atoms with van der Waals surface area (Å²) in [5.74, 6) is -0.435. The summed E-state index contributed by atoms with van der Waals surface area (Å²) in [6.45, 7) is 4.06. The summed E-state index contributed by atoms with van der Waals surface area (Å²) in [5.41, 5.74) is 2.48. The average molecular weight is 271 g/mol. The van der Waals surface area contributed by atoms with Gasteiger partial charge < -0.3 is 10.3 Å². The molecule has 1 heterocycles. The number of rotatable bonds is 4. The van der Waals surface area contributed by atoms with E-state index in [1.807, 2.05) is 32.0 Å². The number of carbonyl (C=O) groups excluding carboxylic acids is 1. The maximum atomic E-state index is 12.2. The van der Waals surface area contributed by atoms with Gasteiger partial charge in [0.15, 0.2) is 0 Å². The Morgan fingerprint density at radius 2 is 1.90 bits per heavy atom. The summed E-state index contributed by atoms with van der Waals surface area (Å²) in [4.78, 5) is 30.0. The lowest BCUT2D eigenvalue weighted by Gasteiger charge is -2.14. The number of aryl methyl sites for hydroxylation is 2. The minimum absolute atomic E-state index is 0.0143. The Morgan fingerprint density at radius 1 is 1.25 bits per heavy atom.